The first kappa shape index (κ1) is 86.7. The number of halogens is 3. The summed E-state index contributed by atoms with van der Waals surface area (Å²) in [5, 5.41) is 8.94. The van der Waals surface area contributed by atoms with E-state index in [-0.39, 0.29) is 127 Å². The fraction of sp³-hybridized carbons (Fsp3) is 0.823. The molecule has 0 aromatic rings. The highest BCUT2D eigenvalue weighted by Gasteiger charge is 2.60. The van der Waals surface area contributed by atoms with Crippen LogP contribution in [0.3, 0.4) is 0 Å². The van der Waals surface area contributed by atoms with Crippen molar-refractivity contribution in [3.05, 3.63) is 12.2 Å². The van der Waals surface area contributed by atoms with Gasteiger partial charge in [0.15, 0.2) is 0 Å². The van der Waals surface area contributed by atoms with Crippen LogP contribution in [0.5, 0.6) is 0 Å². The minimum absolute atomic E-state index is 0.00307. The Balaban J connectivity index is 1.21. The number of nitrogens with one attached hydrogen (secondary N) is 3. The molecule has 4 heterocycles. The summed E-state index contributed by atoms with van der Waals surface area (Å²) in [5.74, 6) is -10.2. The van der Waals surface area contributed by atoms with E-state index in [1.54, 1.807) is 13.8 Å². The third kappa shape index (κ3) is 20.4. The second-order valence-corrected chi connectivity index (χ2v) is 34.6. The molecule has 0 aromatic heterocycles. The van der Waals surface area contributed by atoms with Crippen molar-refractivity contribution in [3.8, 4) is 0 Å². The van der Waals surface area contributed by atoms with Crippen LogP contribution in [0.1, 0.15) is 203 Å². The van der Waals surface area contributed by atoms with E-state index in [0.29, 0.717) is 31.6 Å². The van der Waals surface area contributed by atoms with E-state index >= 15 is 47.9 Å². The number of carbonyl (C=O) groups is 12. The van der Waals surface area contributed by atoms with Crippen LogP contribution in [0.25, 0.3) is 0 Å². The van der Waals surface area contributed by atoms with E-state index in [1.807, 2.05) is 46.8 Å². The summed E-state index contributed by atoms with van der Waals surface area (Å²) in [6, 6.07) is -11.3. The Bertz CT molecular complexity index is 3260. The maximum atomic E-state index is 15.8. The number of ether oxygens (including phenoxy) is 2. The van der Waals surface area contributed by atoms with Crippen LogP contribution in [0, 0.1) is 46.8 Å². The quantitative estimate of drug-likeness (QED) is 0.170. The van der Waals surface area contributed by atoms with E-state index in [9.17, 15) is 22.8 Å². The summed E-state index contributed by atoms with van der Waals surface area (Å²) < 4.78 is 54.5. The van der Waals surface area contributed by atoms with Crippen molar-refractivity contribution in [3.63, 3.8) is 0 Å². The van der Waals surface area contributed by atoms with Crippen molar-refractivity contribution < 1.29 is 80.2 Å². The third-order valence-corrected chi connectivity index (χ3v) is 25.0. The van der Waals surface area contributed by atoms with Gasteiger partial charge in [-0.25, -0.2) is 0 Å². The van der Waals surface area contributed by atoms with Crippen molar-refractivity contribution in [2.24, 2.45) is 46.8 Å². The molecule has 8 rings (SSSR count). The van der Waals surface area contributed by atoms with Crippen molar-refractivity contribution >= 4 is 70.9 Å². The van der Waals surface area contributed by atoms with Gasteiger partial charge < -0.3 is 69.5 Å². The first-order valence-electron chi connectivity index (χ1n) is 40.0. The SMILES string of the molecule is CCO[C@H](C)[C@@H]1NC(=O)[C@H](CC(C)C)N(C)C(=O)C[C@@H](C(=O)N(C)C)N(C)C(=O)[C@H](C2CCCC2)N(C)C(=O)C2(CC(C)(C)C2)NC(=O)[C@@H]2C[C@H](C)CN2C(=O)[C@H](CCC2CCC(C(F)(F)F)C(OC)C2)NC(=O)CN(C)C(=O)[C@H](CC2CCC(C)CC2)N2CC/C=C\C[C@@H](C2=O)N(C)C(=O)[C@@H]2CCCN2C1=O. The topological polar surface area (TPSA) is 289 Å². The van der Waals surface area contributed by atoms with Crippen molar-refractivity contribution in [2.45, 2.75) is 281 Å². The molecule has 4 aliphatic carbocycles. The van der Waals surface area contributed by atoms with Crippen LogP contribution >= 0.6 is 0 Å². The summed E-state index contributed by atoms with van der Waals surface area (Å²) >= 11 is 0. The molecule has 29 heteroatoms. The summed E-state index contributed by atoms with van der Waals surface area (Å²) in [4.78, 5) is 196. The monoisotopic (exact) mass is 1520 g/mol. The molecule has 12 amide bonds. The lowest BCUT2D eigenvalue weighted by atomic mass is 9.58. The minimum atomic E-state index is -4.51. The lowest BCUT2D eigenvalue weighted by Crippen LogP contribution is -2.71. The van der Waals surface area contributed by atoms with Crippen molar-refractivity contribution in [1.82, 2.24) is 60.0 Å². The molecule has 0 radical (unpaired) electrons. The molecule has 2 bridgehead atoms. The van der Waals surface area contributed by atoms with E-state index in [1.165, 1.54) is 101 Å². The fourth-order valence-electron chi connectivity index (χ4n) is 19.0. The summed E-state index contributed by atoms with van der Waals surface area (Å²) in [7, 11) is 11.5. The summed E-state index contributed by atoms with van der Waals surface area (Å²) in [6.45, 7) is 14.7. The molecule has 7 fully saturated rings. The van der Waals surface area contributed by atoms with Crippen LogP contribution in [0.2, 0.25) is 0 Å². The number of methoxy groups -OCH3 is 1. The zero-order valence-corrected chi connectivity index (χ0v) is 67.2. The Morgan fingerprint density at radius 3 is 1.93 bits per heavy atom. The predicted molar refractivity (Wildman–Crippen MR) is 398 cm³/mol. The lowest BCUT2D eigenvalue weighted by Gasteiger charge is -2.54. The first-order valence-corrected chi connectivity index (χ1v) is 40.0. The normalized spacial score (nSPS) is 32.8. The van der Waals surface area contributed by atoms with Gasteiger partial charge in [-0.15, -0.1) is 0 Å². The maximum Gasteiger partial charge on any atom is 0.394 e. The third-order valence-electron chi connectivity index (χ3n) is 25.0. The van der Waals surface area contributed by atoms with E-state index in [0.717, 1.165) is 38.5 Å². The smallest absolute Gasteiger partial charge is 0.381 e. The first-order chi connectivity index (χ1) is 50.7. The molecule has 4 aliphatic heterocycles. The van der Waals surface area contributed by atoms with E-state index < -0.39 is 179 Å². The maximum absolute atomic E-state index is 15.8. The van der Waals surface area contributed by atoms with Gasteiger partial charge in [0.05, 0.1) is 31.1 Å². The van der Waals surface area contributed by atoms with Gasteiger partial charge in [-0.05, 0) is 158 Å². The van der Waals surface area contributed by atoms with Crippen LogP contribution in [0.4, 0.5) is 13.2 Å². The lowest BCUT2D eigenvalue weighted by molar-refractivity contribution is -0.215. The highest BCUT2D eigenvalue weighted by molar-refractivity contribution is 6.01. The molecular formula is C79H127F3N12O14. The van der Waals surface area contributed by atoms with Gasteiger partial charge in [-0.1, -0.05) is 92.2 Å². The van der Waals surface area contributed by atoms with Gasteiger partial charge in [-0.3, -0.25) is 57.5 Å². The number of rotatable bonds is 13. The van der Waals surface area contributed by atoms with Crippen molar-refractivity contribution in [1.29, 1.82) is 0 Å². The molecule has 14 atom stereocenters. The number of hydrogen-bond acceptors (Lipinski definition) is 14. The minimum Gasteiger partial charge on any atom is -0.381 e. The molecule has 8 aliphatic rings. The molecule has 1 spiro atoms. The molecule has 4 saturated carbocycles. The van der Waals surface area contributed by atoms with Gasteiger partial charge >= 0.3 is 6.18 Å². The largest absolute Gasteiger partial charge is 0.394 e. The average Bonchev–Trinajstić information content (AvgIpc) is 1.60. The zero-order chi connectivity index (χ0) is 79.8. The second-order valence-electron chi connectivity index (χ2n) is 34.6. The van der Waals surface area contributed by atoms with Gasteiger partial charge in [0.1, 0.15) is 59.9 Å². The van der Waals surface area contributed by atoms with Crippen LogP contribution < -0.4 is 16.0 Å². The Labute approximate surface area is 638 Å². The Morgan fingerprint density at radius 1 is 0.657 bits per heavy atom. The molecule has 608 valence electrons. The molecule has 3 saturated heterocycles. The fourth-order valence-corrected chi connectivity index (χ4v) is 19.0. The molecule has 0 aromatic carbocycles. The zero-order valence-electron chi connectivity index (χ0n) is 67.2. The highest BCUT2D eigenvalue weighted by Crippen LogP contribution is 2.50. The molecule has 3 unspecified atom stereocenters. The number of carbonyl (C=O) groups excluding carboxylic acids is 12. The van der Waals surface area contributed by atoms with Gasteiger partial charge in [0.2, 0.25) is 70.9 Å². The Hall–Kier alpha value is -6.91. The predicted octanol–water partition coefficient (Wildman–Crippen LogP) is 6.32. The Morgan fingerprint density at radius 2 is 1.31 bits per heavy atom. The standard InChI is InChI=1S/C79H127F3N12O14/c1-17-108-50(6)65-74(104)92-37-23-27-57(92)72(102)89(13)56-26-19-18-22-36-93(73(56)103)61(40-51-30-28-48(4)29-31-51)71(101)87(11)44-63(95)83-55(35-33-52-32-34-54(79(80,81)82)62(41-52)107-16)69(99)94-43-49(5)39-59(94)68(98)85-78(45-77(7,8)46-78)76(106)91(15)66(53-24-20-21-25-53)75(105)90(14)60(70(100)86(9)10)42-64(96)88(12)58(38-47(2)3)67(97)84-65/h18-19,47-62,65-66H,17,20-46H2,1-16H3,(H,83,95)(H,84,97)(H,85,98)/b19-18-/t48?,49-,50+,51?,52?,54?,55-,56-,57-,58-,59-,60-,61-,62?,65-,66-/m0/s1. The molecule has 108 heavy (non-hydrogen) atoms. The number of nitrogens with zero attached hydrogens (tertiary/aromatic N) is 9. The van der Waals surface area contributed by atoms with E-state index in [2.05, 4.69) is 22.9 Å². The van der Waals surface area contributed by atoms with Gasteiger partial charge in [0, 0.05) is 82.7 Å². The number of likely N-dealkylation sites (N-methyl/N-ethyl adjacent to an activating group) is 6. The second kappa shape index (κ2) is 36.9. The van der Waals surface area contributed by atoms with Crippen molar-refractivity contribution in [2.75, 3.05) is 89.2 Å². The summed E-state index contributed by atoms with van der Waals surface area (Å²) in [6.07, 6.45) is 4.09. The van der Waals surface area contributed by atoms with Gasteiger partial charge in [-0.2, -0.15) is 13.2 Å². The highest BCUT2D eigenvalue weighted by atomic mass is 19.4. The molecule has 26 nitrogen and oxygen atoms in total. The molecule has 3 N–H and O–H groups in total. The average molecular weight is 1530 g/mol. The number of hydrogen-bond donors (Lipinski definition) is 3. The van der Waals surface area contributed by atoms with E-state index in [4.69, 9.17) is 9.47 Å². The number of amides is 12. The molecular weight excluding hydrogens is 1400 g/mol. The number of alkyl halides is 3. The van der Waals surface area contributed by atoms with Crippen LogP contribution in [-0.4, -0.2) is 283 Å². The Kier molecular flexibility index (Phi) is 29.7. The number of fused-ring (bicyclic) bond motifs is 4. The van der Waals surface area contributed by atoms with Gasteiger partial charge in [0.25, 0.3) is 0 Å². The summed E-state index contributed by atoms with van der Waals surface area (Å²) in [5.41, 5.74) is -2.12. The van der Waals surface area contributed by atoms with Crippen LogP contribution in [-0.2, 0) is 67.0 Å². The van der Waals surface area contributed by atoms with Crippen LogP contribution in [0.15, 0.2) is 12.2 Å².